The van der Waals surface area contributed by atoms with Crippen LogP contribution in [0.5, 0.6) is 11.5 Å². The number of fused-ring (bicyclic) bond motifs is 1. The second kappa shape index (κ2) is 7.43. The fraction of sp³-hybridized carbons (Fsp3) is 0.292. The largest absolute Gasteiger partial charge is 0.457 e. The van der Waals surface area contributed by atoms with Gasteiger partial charge >= 0.3 is 0 Å². The average molecular weight is 398 g/mol. The first-order chi connectivity index (χ1) is 14.7. The minimum Gasteiger partial charge on any atom is -0.457 e. The molecule has 1 aliphatic carbocycles. The van der Waals surface area contributed by atoms with Crippen LogP contribution in [0, 0.1) is 28.6 Å². The second-order valence-corrected chi connectivity index (χ2v) is 8.23. The molecule has 1 amide bonds. The maximum absolute atomic E-state index is 12.7. The van der Waals surface area contributed by atoms with E-state index < -0.39 is 0 Å². The van der Waals surface area contributed by atoms with Crippen molar-refractivity contribution in [1.82, 2.24) is 10.3 Å². The van der Waals surface area contributed by atoms with Gasteiger partial charge in [-0.05, 0) is 43.2 Å². The predicted molar refractivity (Wildman–Crippen MR) is 114 cm³/mol. The molecule has 0 radical (unpaired) electrons. The Kier molecular flexibility index (Phi) is 4.61. The highest BCUT2D eigenvalue weighted by atomic mass is 16.5. The van der Waals surface area contributed by atoms with Crippen LogP contribution in [0.3, 0.4) is 0 Å². The third kappa shape index (κ3) is 3.27. The molecule has 2 aliphatic rings. The van der Waals surface area contributed by atoms with Gasteiger partial charge in [0.1, 0.15) is 11.5 Å². The van der Waals surface area contributed by atoms with Gasteiger partial charge in [-0.2, -0.15) is 5.26 Å². The molecule has 3 aromatic rings. The lowest BCUT2D eigenvalue weighted by molar-refractivity contribution is -0.127. The van der Waals surface area contributed by atoms with Crippen molar-refractivity contribution in [3.63, 3.8) is 0 Å². The Morgan fingerprint density at radius 1 is 1.20 bits per heavy atom. The Labute approximate surface area is 174 Å². The number of rotatable bonds is 4. The molecule has 1 spiro atoms. The number of hydrogen-bond acceptors (Lipinski definition) is 5. The number of nitrogens with one attached hydrogen (secondary N) is 2. The monoisotopic (exact) mass is 398 g/mol. The van der Waals surface area contributed by atoms with Crippen molar-refractivity contribution in [2.45, 2.75) is 12.8 Å². The van der Waals surface area contributed by atoms with Crippen LogP contribution in [0.15, 0.2) is 60.8 Å². The van der Waals surface area contributed by atoms with Crippen molar-refractivity contribution < 1.29 is 9.53 Å². The maximum Gasteiger partial charge on any atom is 0.227 e. The van der Waals surface area contributed by atoms with Crippen LogP contribution in [0.2, 0.25) is 0 Å². The van der Waals surface area contributed by atoms with Gasteiger partial charge in [-0.15, -0.1) is 0 Å². The minimum absolute atomic E-state index is 0.00784. The SMILES string of the molecule is N#CC1CNCC12CC(C(=O)Nc1cccc(Oc3ccnc4ccccc34)c1)C2. The van der Waals surface area contributed by atoms with E-state index in [1.807, 2.05) is 54.6 Å². The average Bonchev–Trinajstić information content (AvgIpc) is 3.17. The lowest BCUT2D eigenvalue weighted by atomic mass is 9.57. The number of benzene rings is 2. The topological polar surface area (TPSA) is 87.0 Å². The number of nitriles is 1. The molecule has 5 rings (SSSR count). The normalized spacial score (nSPS) is 24.9. The number of ether oxygens (including phenoxy) is 1. The lowest BCUT2D eigenvalue weighted by Gasteiger charge is -2.45. The maximum atomic E-state index is 12.7. The van der Waals surface area contributed by atoms with Gasteiger partial charge in [0, 0.05) is 47.8 Å². The number of carbonyl (C=O) groups is 1. The summed E-state index contributed by atoms with van der Waals surface area (Å²) in [6.45, 7) is 1.56. The summed E-state index contributed by atoms with van der Waals surface area (Å²) in [6, 6.07) is 19.5. The molecule has 1 unspecified atom stereocenters. The zero-order chi connectivity index (χ0) is 20.6. The van der Waals surface area contributed by atoms with Crippen LogP contribution in [-0.4, -0.2) is 24.0 Å². The second-order valence-electron chi connectivity index (χ2n) is 8.23. The van der Waals surface area contributed by atoms with Crippen LogP contribution in [0.4, 0.5) is 5.69 Å². The Morgan fingerprint density at radius 2 is 2.07 bits per heavy atom. The Hall–Kier alpha value is -3.43. The van der Waals surface area contributed by atoms with Crippen molar-refractivity contribution in [1.29, 1.82) is 5.26 Å². The number of pyridine rings is 1. The van der Waals surface area contributed by atoms with Gasteiger partial charge in [0.15, 0.2) is 0 Å². The van der Waals surface area contributed by atoms with E-state index >= 15 is 0 Å². The summed E-state index contributed by atoms with van der Waals surface area (Å²) in [7, 11) is 0. The minimum atomic E-state index is -0.0468. The van der Waals surface area contributed by atoms with Gasteiger partial charge in [-0.1, -0.05) is 18.2 Å². The highest BCUT2D eigenvalue weighted by molar-refractivity contribution is 5.93. The van der Waals surface area contributed by atoms with E-state index in [0.29, 0.717) is 11.4 Å². The molecule has 0 bridgehead atoms. The standard InChI is InChI=1S/C24H22N4O2/c25-13-17-14-26-15-24(17)11-16(12-24)23(29)28-18-4-3-5-19(10-18)30-22-8-9-27-21-7-2-1-6-20(21)22/h1-10,16-17,26H,11-12,14-15H2,(H,28,29). The van der Waals surface area contributed by atoms with Crippen molar-refractivity contribution >= 4 is 22.5 Å². The van der Waals surface area contributed by atoms with Gasteiger partial charge in [-0.3, -0.25) is 9.78 Å². The van der Waals surface area contributed by atoms with Crippen LogP contribution in [0.25, 0.3) is 10.9 Å². The molecule has 2 fully saturated rings. The first-order valence-corrected chi connectivity index (χ1v) is 10.2. The molecule has 1 saturated carbocycles. The van der Waals surface area contributed by atoms with Gasteiger partial charge in [0.2, 0.25) is 5.91 Å². The summed E-state index contributed by atoms with van der Waals surface area (Å²) >= 11 is 0. The number of anilines is 1. The number of hydrogen-bond donors (Lipinski definition) is 2. The number of nitrogens with zero attached hydrogens (tertiary/aromatic N) is 2. The van der Waals surface area contributed by atoms with Gasteiger partial charge < -0.3 is 15.4 Å². The summed E-state index contributed by atoms with van der Waals surface area (Å²) in [5.41, 5.74) is 1.55. The van der Waals surface area contributed by atoms with Crippen molar-refractivity contribution in [3.8, 4) is 17.6 Å². The van der Waals surface area contributed by atoms with E-state index in [0.717, 1.165) is 42.6 Å². The molecule has 6 heteroatoms. The lowest BCUT2D eigenvalue weighted by Crippen LogP contribution is -2.47. The molecule has 2 N–H and O–H groups in total. The van der Waals surface area contributed by atoms with Crippen molar-refractivity contribution in [2.24, 2.45) is 17.3 Å². The molecule has 2 aromatic carbocycles. The zero-order valence-electron chi connectivity index (χ0n) is 16.5. The highest BCUT2D eigenvalue weighted by Gasteiger charge is 2.54. The number of amides is 1. The molecular weight excluding hydrogens is 376 g/mol. The third-order valence-electron chi connectivity index (χ3n) is 6.34. The summed E-state index contributed by atoms with van der Waals surface area (Å²) in [4.78, 5) is 17.1. The first kappa shape index (κ1) is 18.6. The summed E-state index contributed by atoms with van der Waals surface area (Å²) in [5, 5.41) is 16.6. The fourth-order valence-electron chi connectivity index (χ4n) is 4.69. The predicted octanol–water partition coefficient (Wildman–Crippen LogP) is 4.10. The first-order valence-electron chi connectivity index (χ1n) is 10.2. The van der Waals surface area contributed by atoms with Crippen LogP contribution >= 0.6 is 0 Å². The van der Waals surface area contributed by atoms with E-state index in [4.69, 9.17) is 4.74 Å². The van der Waals surface area contributed by atoms with Crippen LogP contribution < -0.4 is 15.4 Å². The van der Waals surface area contributed by atoms with E-state index in [1.165, 1.54) is 0 Å². The van der Waals surface area contributed by atoms with Gasteiger partial charge in [0.05, 0.1) is 17.5 Å². The van der Waals surface area contributed by atoms with Crippen molar-refractivity contribution in [2.75, 3.05) is 18.4 Å². The van der Waals surface area contributed by atoms with E-state index in [1.54, 1.807) is 6.20 Å². The molecule has 150 valence electrons. The number of carbonyl (C=O) groups excluding carboxylic acids is 1. The molecule has 1 aliphatic heterocycles. The summed E-state index contributed by atoms with van der Waals surface area (Å²) in [5.74, 6) is 1.35. The zero-order valence-corrected chi connectivity index (χ0v) is 16.5. The molecule has 1 aromatic heterocycles. The van der Waals surface area contributed by atoms with Gasteiger partial charge in [0.25, 0.3) is 0 Å². The third-order valence-corrected chi connectivity index (χ3v) is 6.34. The Morgan fingerprint density at radius 3 is 2.93 bits per heavy atom. The van der Waals surface area contributed by atoms with E-state index in [2.05, 4.69) is 21.7 Å². The van der Waals surface area contributed by atoms with E-state index in [9.17, 15) is 10.1 Å². The van der Waals surface area contributed by atoms with Crippen LogP contribution in [0.1, 0.15) is 12.8 Å². The van der Waals surface area contributed by atoms with Crippen molar-refractivity contribution in [3.05, 3.63) is 60.8 Å². The molecule has 2 heterocycles. The van der Waals surface area contributed by atoms with Gasteiger partial charge in [-0.25, -0.2) is 0 Å². The van der Waals surface area contributed by atoms with E-state index in [-0.39, 0.29) is 23.2 Å². The summed E-state index contributed by atoms with van der Waals surface area (Å²) in [6.07, 6.45) is 3.26. The highest BCUT2D eigenvalue weighted by Crippen LogP contribution is 2.52. The molecule has 6 nitrogen and oxygen atoms in total. The summed E-state index contributed by atoms with van der Waals surface area (Å²) < 4.78 is 6.08. The number of aromatic nitrogens is 1. The van der Waals surface area contributed by atoms with Crippen LogP contribution in [-0.2, 0) is 4.79 Å². The fourth-order valence-corrected chi connectivity index (χ4v) is 4.69. The quantitative estimate of drug-likeness (QED) is 0.691. The molecule has 1 atom stereocenters. The number of para-hydroxylation sites is 1. The molecule has 1 saturated heterocycles. The Bertz CT molecular complexity index is 1140. The smallest absolute Gasteiger partial charge is 0.227 e. The molecule has 30 heavy (non-hydrogen) atoms. The molecular formula is C24H22N4O2. The Balaban J connectivity index is 1.27.